The van der Waals surface area contributed by atoms with Gasteiger partial charge in [0.15, 0.2) is 0 Å². The van der Waals surface area contributed by atoms with Crippen LogP contribution in [-0.4, -0.2) is 15.2 Å². The minimum atomic E-state index is 0.191. The first-order valence-electron chi connectivity index (χ1n) is 6.73. The van der Waals surface area contributed by atoms with E-state index in [-0.39, 0.29) is 5.38 Å². The summed E-state index contributed by atoms with van der Waals surface area (Å²) in [5.41, 5.74) is 3.56. The zero-order valence-electron chi connectivity index (χ0n) is 11.0. The van der Waals surface area contributed by atoms with Gasteiger partial charge in [-0.1, -0.05) is 30.2 Å². The first-order valence-corrected chi connectivity index (χ1v) is 7.54. The van der Waals surface area contributed by atoms with Crippen LogP contribution in [0.4, 0.5) is 0 Å². The molecule has 0 fully saturated rings. The number of halogens is 2. The Morgan fingerprint density at radius 1 is 1.44 bits per heavy atom. The molecular formula is C14H20Cl2N2. The molecule has 1 aromatic heterocycles. The lowest BCUT2D eigenvalue weighted by Crippen LogP contribution is -2.09. The van der Waals surface area contributed by atoms with E-state index in [2.05, 4.69) is 25.0 Å². The van der Waals surface area contributed by atoms with E-state index in [4.69, 9.17) is 23.2 Å². The Bertz CT molecular complexity index is 449. The lowest BCUT2D eigenvalue weighted by Gasteiger charge is -2.17. The van der Waals surface area contributed by atoms with E-state index in [1.54, 1.807) is 0 Å². The highest BCUT2D eigenvalue weighted by Gasteiger charge is 2.18. The SMILES string of the molecule is CCc1nn(CC)c(CC2=CC(Cl)CCC2)c1Cl. The van der Waals surface area contributed by atoms with Crippen LogP contribution in [0, 0.1) is 0 Å². The summed E-state index contributed by atoms with van der Waals surface area (Å²) in [6.45, 7) is 5.06. The Morgan fingerprint density at radius 3 is 2.83 bits per heavy atom. The van der Waals surface area contributed by atoms with Crippen molar-refractivity contribution in [3.63, 3.8) is 0 Å². The second-order valence-electron chi connectivity index (χ2n) is 4.79. The van der Waals surface area contributed by atoms with Crippen molar-refractivity contribution < 1.29 is 0 Å². The maximum atomic E-state index is 6.42. The normalized spacial score (nSPS) is 20.0. The molecule has 2 rings (SSSR count). The lowest BCUT2D eigenvalue weighted by molar-refractivity contribution is 0.610. The van der Waals surface area contributed by atoms with Gasteiger partial charge in [-0.2, -0.15) is 5.10 Å². The number of aromatic nitrogens is 2. The summed E-state index contributed by atoms with van der Waals surface area (Å²) in [4.78, 5) is 0. The van der Waals surface area contributed by atoms with Crippen LogP contribution in [0.15, 0.2) is 11.6 Å². The highest BCUT2D eigenvalue weighted by Crippen LogP contribution is 2.29. The van der Waals surface area contributed by atoms with E-state index in [0.717, 1.165) is 48.6 Å². The summed E-state index contributed by atoms with van der Waals surface area (Å²) in [6.07, 6.45) is 7.37. The fourth-order valence-electron chi connectivity index (χ4n) is 2.50. The van der Waals surface area contributed by atoms with E-state index in [1.807, 2.05) is 4.68 Å². The molecule has 1 aliphatic carbocycles. The van der Waals surface area contributed by atoms with E-state index < -0.39 is 0 Å². The van der Waals surface area contributed by atoms with Crippen molar-refractivity contribution >= 4 is 23.2 Å². The van der Waals surface area contributed by atoms with Gasteiger partial charge >= 0.3 is 0 Å². The highest BCUT2D eigenvalue weighted by atomic mass is 35.5. The van der Waals surface area contributed by atoms with Crippen molar-refractivity contribution in [2.45, 2.75) is 57.9 Å². The molecule has 0 bridgehead atoms. The fourth-order valence-corrected chi connectivity index (χ4v) is 3.16. The molecule has 1 unspecified atom stereocenters. The van der Waals surface area contributed by atoms with Crippen molar-refractivity contribution in [2.75, 3.05) is 0 Å². The molecule has 0 amide bonds. The molecule has 1 heterocycles. The maximum absolute atomic E-state index is 6.42. The van der Waals surface area contributed by atoms with Gasteiger partial charge < -0.3 is 0 Å². The van der Waals surface area contributed by atoms with Crippen LogP contribution in [0.1, 0.15) is 44.5 Å². The fraction of sp³-hybridized carbons (Fsp3) is 0.643. The van der Waals surface area contributed by atoms with E-state index in [0.29, 0.717) is 0 Å². The summed E-state index contributed by atoms with van der Waals surface area (Å²) in [5.74, 6) is 0. The first kappa shape index (κ1) is 14.0. The van der Waals surface area contributed by atoms with Gasteiger partial charge in [-0.3, -0.25) is 4.68 Å². The van der Waals surface area contributed by atoms with Crippen LogP contribution < -0.4 is 0 Å². The third kappa shape index (κ3) is 2.92. The van der Waals surface area contributed by atoms with Gasteiger partial charge in [0.25, 0.3) is 0 Å². The molecule has 0 aliphatic heterocycles. The van der Waals surface area contributed by atoms with Gasteiger partial charge in [0.2, 0.25) is 0 Å². The Morgan fingerprint density at radius 2 is 2.22 bits per heavy atom. The van der Waals surface area contributed by atoms with Crippen molar-refractivity contribution in [1.82, 2.24) is 9.78 Å². The van der Waals surface area contributed by atoms with Crippen LogP contribution in [0.5, 0.6) is 0 Å². The zero-order chi connectivity index (χ0) is 13.1. The molecule has 18 heavy (non-hydrogen) atoms. The number of hydrogen-bond donors (Lipinski definition) is 0. The number of allylic oxidation sites excluding steroid dienone is 2. The quantitative estimate of drug-likeness (QED) is 0.593. The monoisotopic (exact) mass is 286 g/mol. The molecule has 0 radical (unpaired) electrons. The second kappa shape index (κ2) is 6.12. The molecule has 0 aromatic carbocycles. The summed E-state index contributed by atoms with van der Waals surface area (Å²) in [6, 6.07) is 0. The summed E-state index contributed by atoms with van der Waals surface area (Å²) < 4.78 is 2.03. The Labute approximate surface area is 119 Å². The van der Waals surface area contributed by atoms with Crippen molar-refractivity contribution in [3.8, 4) is 0 Å². The number of rotatable bonds is 4. The van der Waals surface area contributed by atoms with Gasteiger partial charge in [-0.25, -0.2) is 0 Å². The Kier molecular flexibility index (Phi) is 4.74. The Hall–Kier alpha value is -0.470. The molecule has 0 saturated carbocycles. The topological polar surface area (TPSA) is 17.8 Å². The summed E-state index contributed by atoms with van der Waals surface area (Å²) in [5, 5.41) is 5.59. The third-order valence-corrected chi connectivity index (χ3v) is 4.26. The molecular weight excluding hydrogens is 267 g/mol. The van der Waals surface area contributed by atoms with Crippen LogP contribution in [-0.2, 0) is 19.4 Å². The standard InChI is InChI=1S/C14H20Cl2N2/c1-3-12-14(16)13(18(4-2)17-12)9-10-6-5-7-11(15)8-10/h8,11H,3-7,9H2,1-2H3. The smallest absolute Gasteiger partial charge is 0.0853 e. The average Bonchev–Trinajstić information content (AvgIpc) is 2.66. The third-order valence-electron chi connectivity index (χ3n) is 3.48. The first-order chi connectivity index (χ1) is 8.65. The van der Waals surface area contributed by atoms with Crippen LogP contribution in [0.2, 0.25) is 5.02 Å². The molecule has 0 saturated heterocycles. The van der Waals surface area contributed by atoms with Crippen molar-refractivity contribution in [1.29, 1.82) is 0 Å². The van der Waals surface area contributed by atoms with Crippen LogP contribution in [0.25, 0.3) is 0 Å². The molecule has 0 spiro atoms. The molecule has 2 nitrogen and oxygen atoms in total. The highest BCUT2D eigenvalue weighted by molar-refractivity contribution is 6.32. The zero-order valence-corrected chi connectivity index (χ0v) is 12.6. The predicted molar refractivity (Wildman–Crippen MR) is 77.6 cm³/mol. The van der Waals surface area contributed by atoms with Gasteiger partial charge in [0, 0.05) is 13.0 Å². The van der Waals surface area contributed by atoms with Gasteiger partial charge in [0.1, 0.15) is 0 Å². The van der Waals surface area contributed by atoms with Crippen LogP contribution >= 0.6 is 23.2 Å². The van der Waals surface area contributed by atoms with E-state index in [1.165, 1.54) is 12.0 Å². The Balaban J connectivity index is 2.25. The molecule has 1 aromatic rings. The maximum Gasteiger partial charge on any atom is 0.0853 e. The second-order valence-corrected chi connectivity index (χ2v) is 5.73. The van der Waals surface area contributed by atoms with Crippen molar-refractivity contribution in [3.05, 3.63) is 28.1 Å². The molecule has 1 atom stereocenters. The number of nitrogens with zero attached hydrogens (tertiary/aromatic N) is 2. The lowest BCUT2D eigenvalue weighted by atomic mass is 9.95. The molecule has 0 N–H and O–H groups in total. The number of alkyl halides is 1. The van der Waals surface area contributed by atoms with Gasteiger partial charge in [0.05, 0.1) is 21.8 Å². The number of aryl methyl sites for hydroxylation is 2. The molecule has 4 heteroatoms. The summed E-state index contributed by atoms with van der Waals surface area (Å²) in [7, 11) is 0. The number of hydrogen-bond acceptors (Lipinski definition) is 1. The molecule has 1 aliphatic rings. The summed E-state index contributed by atoms with van der Waals surface area (Å²) >= 11 is 12.6. The minimum absolute atomic E-state index is 0.191. The van der Waals surface area contributed by atoms with Crippen LogP contribution in [0.3, 0.4) is 0 Å². The van der Waals surface area contributed by atoms with Gasteiger partial charge in [-0.05, 0) is 32.6 Å². The largest absolute Gasteiger partial charge is 0.268 e. The van der Waals surface area contributed by atoms with E-state index >= 15 is 0 Å². The van der Waals surface area contributed by atoms with E-state index in [9.17, 15) is 0 Å². The van der Waals surface area contributed by atoms with Gasteiger partial charge in [-0.15, -0.1) is 11.6 Å². The molecule has 100 valence electrons. The average molecular weight is 287 g/mol. The van der Waals surface area contributed by atoms with Crippen molar-refractivity contribution in [2.24, 2.45) is 0 Å². The predicted octanol–water partition coefficient (Wildman–Crippen LogP) is 4.38. The minimum Gasteiger partial charge on any atom is -0.268 e.